The quantitative estimate of drug-likeness (QED) is 0.637. The number of anilines is 1. The zero-order valence-corrected chi connectivity index (χ0v) is 5.90. The normalized spacial score (nSPS) is 9.80. The maximum Gasteiger partial charge on any atom is 0.152 e. The molecule has 0 unspecified atom stereocenters. The number of alkyl halides is 1. The summed E-state index contributed by atoms with van der Waals surface area (Å²) in [6, 6.07) is 3.03. The Morgan fingerprint density at radius 1 is 1.60 bits per heavy atom. The van der Waals surface area contributed by atoms with Crippen LogP contribution < -0.4 is 5.73 Å². The third-order valence-electron chi connectivity index (χ3n) is 1.07. The van der Waals surface area contributed by atoms with E-state index in [9.17, 15) is 4.39 Å². The number of hydrogen-bond donors (Lipinski definition) is 1. The predicted octanol–water partition coefficient (Wildman–Crippen LogP) is 1.79. The van der Waals surface area contributed by atoms with Gasteiger partial charge in [-0.05, 0) is 12.1 Å². The lowest BCUT2D eigenvalue weighted by Crippen LogP contribution is -1.91. The summed E-state index contributed by atoms with van der Waals surface area (Å²) < 4.78 is 11.9. The molecule has 0 aliphatic rings. The molecular weight excluding hydrogens is 155 g/mol. The Bertz CT molecular complexity index is 239. The van der Waals surface area contributed by atoms with E-state index in [1.807, 2.05) is 0 Å². The smallest absolute Gasteiger partial charge is 0.152 e. The highest BCUT2D eigenvalue weighted by molar-refractivity contribution is 6.31. The van der Waals surface area contributed by atoms with E-state index >= 15 is 0 Å². The third kappa shape index (κ3) is 1.36. The van der Waals surface area contributed by atoms with Gasteiger partial charge in [-0.1, -0.05) is 11.6 Å². The van der Waals surface area contributed by atoms with Crippen LogP contribution in [-0.4, -0.2) is 4.98 Å². The summed E-state index contributed by atoms with van der Waals surface area (Å²) in [6.45, 7) is -0.611. The summed E-state index contributed by atoms with van der Waals surface area (Å²) in [6.07, 6.45) is 0. The molecule has 0 amide bonds. The summed E-state index contributed by atoms with van der Waals surface area (Å²) in [4.78, 5) is 3.66. The molecule has 4 heteroatoms. The van der Waals surface area contributed by atoms with E-state index < -0.39 is 6.67 Å². The average molecular weight is 161 g/mol. The summed E-state index contributed by atoms with van der Waals surface area (Å²) in [5, 5.41) is 0.162. The molecule has 0 saturated carbocycles. The maximum absolute atomic E-state index is 11.9. The monoisotopic (exact) mass is 160 g/mol. The van der Waals surface area contributed by atoms with Gasteiger partial charge in [-0.2, -0.15) is 0 Å². The molecule has 1 aromatic rings. The van der Waals surface area contributed by atoms with Crippen molar-refractivity contribution in [3.8, 4) is 0 Å². The number of aromatic nitrogens is 1. The van der Waals surface area contributed by atoms with E-state index in [1.165, 1.54) is 12.1 Å². The van der Waals surface area contributed by atoms with Crippen molar-refractivity contribution in [2.45, 2.75) is 6.67 Å². The highest BCUT2D eigenvalue weighted by Gasteiger charge is 1.97. The molecule has 1 rings (SSSR count). The molecule has 1 heterocycles. The first-order chi connectivity index (χ1) is 4.74. The SMILES string of the molecule is Nc1ccc(CF)nc1Cl. The number of pyridine rings is 1. The molecule has 0 aliphatic carbocycles. The highest BCUT2D eigenvalue weighted by Crippen LogP contribution is 2.15. The second-order valence-electron chi connectivity index (χ2n) is 1.82. The van der Waals surface area contributed by atoms with Crippen molar-refractivity contribution in [1.82, 2.24) is 4.98 Å². The Hall–Kier alpha value is -0.830. The first-order valence-corrected chi connectivity index (χ1v) is 3.08. The summed E-state index contributed by atoms with van der Waals surface area (Å²) in [7, 11) is 0. The lowest BCUT2D eigenvalue weighted by atomic mass is 10.3. The number of nitrogen functional groups attached to an aromatic ring is 1. The Morgan fingerprint density at radius 3 is 2.80 bits per heavy atom. The Kier molecular flexibility index (Phi) is 2.06. The van der Waals surface area contributed by atoms with Crippen LogP contribution in [-0.2, 0) is 6.67 Å². The summed E-state index contributed by atoms with van der Waals surface area (Å²) in [5.41, 5.74) is 6.01. The zero-order valence-electron chi connectivity index (χ0n) is 5.14. The van der Waals surface area contributed by atoms with Crippen molar-refractivity contribution in [3.05, 3.63) is 23.0 Å². The fourth-order valence-electron chi connectivity index (χ4n) is 0.557. The van der Waals surface area contributed by atoms with E-state index in [0.717, 1.165) is 0 Å². The molecule has 0 radical (unpaired) electrons. The average Bonchev–Trinajstić information content (AvgIpc) is 1.95. The molecule has 0 fully saturated rings. The number of halogens is 2. The number of nitrogens with zero attached hydrogens (tertiary/aromatic N) is 1. The van der Waals surface area contributed by atoms with Crippen LogP contribution in [0.2, 0.25) is 5.15 Å². The molecule has 0 saturated heterocycles. The Balaban J connectivity index is 3.04. The molecule has 54 valence electrons. The zero-order chi connectivity index (χ0) is 7.56. The topological polar surface area (TPSA) is 38.9 Å². The number of nitrogens with two attached hydrogens (primary N) is 1. The van der Waals surface area contributed by atoms with Gasteiger partial charge >= 0.3 is 0 Å². The fraction of sp³-hybridized carbons (Fsp3) is 0.167. The van der Waals surface area contributed by atoms with Crippen LogP contribution in [0.25, 0.3) is 0 Å². The van der Waals surface area contributed by atoms with Gasteiger partial charge in [-0.15, -0.1) is 0 Å². The van der Waals surface area contributed by atoms with E-state index in [1.54, 1.807) is 0 Å². The van der Waals surface area contributed by atoms with Crippen LogP contribution >= 0.6 is 11.6 Å². The molecule has 0 aromatic carbocycles. The minimum Gasteiger partial charge on any atom is -0.396 e. The molecule has 2 nitrogen and oxygen atoms in total. The first kappa shape index (κ1) is 7.28. The molecule has 0 aliphatic heterocycles. The fourth-order valence-corrected chi connectivity index (χ4v) is 0.729. The maximum atomic E-state index is 11.9. The van der Waals surface area contributed by atoms with Crippen LogP contribution in [0, 0.1) is 0 Å². The van der Waals surface area contributed by atoms with Gasteiger partial charge in [0.2, 0.25) is 0 Å². The van der Waals surface area contributed by atoms with E-state index in [4.69, 9.17) is 17.3 Å². The van der Waals surface area contributed by atoms with Gasteiger partial charge in [0.05, 0.1) is 11.4 Å². The minimum absolute atomic E-state index is 0.162. The Labute approximate surface area is 62.8 Å². The lowest BCUT2D eigenvalue weighted by molar-refractivity contribution is 0.476. The van der Waals surface area contributed by atoms with E-state index in [-0.39, 0.29) is 5.15 Å². The van der Waals surface area contributed by atoms with E-state index in [2.05, 4.69) is 4.98 Å². The second kappa shape index (κ2) is 2.84. The Morgan fingerprint density at radius 2 is 2.30 bits per heavy atom. The molecule has 10 heavy (non-hydrogen) atoms. The van der Waals surface area contributed by atoms with Crippen molar-refractivity contribution < 1.29 is 4.39 Å². The molecule has 0 spiro atoms. The third-order valence-corrected chi connectivity index (χ3v) is 1.37. The largest absolute Gasteiger partial charge is 0.396 e. The van der Waals surface area contributed by atoms with Gasteiger partial charge < -0.3 is 5.73 Å². The van der Waals surface area contributed by atoms with Crippen molar-refractivity contribution in [1.29, 1.82) is 0 Å². The molecular formula is C6H6ClFN2. The van der Waals surface area contributed by atoms with Crippen molar-refractivity contribution in [3.63, 3.8) is 0 Å². The van der Waals surface area contributed by atoms with Gasteiger partial charge in [0.25, 0.3) is 0 Å². The van der Waals surface area contributed by atoms with Gasteiger partial charge in [0, 0.05) is 0 Å². The minimum atomic E-state index is -0.611. The van der Waals surface area contributed by atoms with Gasteiger partial charge in [-0.3, -0.25) is 0 Å². The van der Waals surface area contributed by atoms with Gasteiger partial charge in [-0.25, -0.2) is 9.37 Å². The lowest BCUT2D eigenvalue weighted by Gasteiger charge is -1.96. The van der Waals surface area contributed by atoms with E-state index in [0.29, 0.717) is 11.4 Å². The molecule has 0 atom stereocenters. The first-order valence-electron chi connectivity index (χ1n) is 2.71. The molecule has 0 bridgehead atoms. The van der Waals surface area contributed by atoms with Crippen molar-refractivity contribution in [2.24, 2.45) is 0 Å². The number of hydrogen-bond acceptors (Lipinski definition) is 2. The van der Waals surface area contributed by atoms with Crippen LogP contribution in [0.4, 0.5) is 10.1 Å². The number of rotatable bonds is 1. The molecule has 2 N–H and O–H groups in total. The van der Waals surface area contributed by atoms with Crippen LogP contribution in [0.15, 0.2) is 12.1 Å². The second-order valence-corrected chi connectivity index (χ2v) is 2.17. The summed E-state index contributed by atoms with van der Waals surface area (Å²) >= 11 is 5.49. The molecule has 1 aromatic heterocycles. The summed E-state index contributed by atoms with van der Waals surface area (Å²) in [5.74, 6) is 0. The van der Waals surface area contributed by atoms with Gasteiger partial charge in [0.15, 0.2) is 5.15 Å². The standard InChI is InChI=1S/C6H6ClFN2/c7-6-5(9)2-1-4(3-8)10-6/h1-2H,3,9H2. The van der Waals surface area contributed by atoms with Gasteiger partial charge in [0.1, 0.15) is 6.67 Å². The highest BCUT2D eigenvalue weighted by atomic mass is 35.5. The van der Waals surface area contributed by atoms with Crippen LogP contribution in [0.5, 0.6) is 0 Å². The van der Waals surface area contributed by atoms with Crippen molar-refractivity contribution >= 4 is 17.3 Å². The predicted molar refractivity (Wildman–Crippen MR) is 38.5 cm³/mol. The van der Waals surface area contributed by atoms with Crippen LogP contribution in [0.1, 0.15) is 5.69 Å². The van der Waals surface area contributed by atoms with Crippen molar-refractivity contribution in [2.75, 3.05) is 5.73 Å². The van der Waals surface area contributed by atoms with Crippen LogP contribution in [0.3, 0.4) is 0 Å².